The zero-order valence-electron chi connectivity index (χ0n) is 19.1. The molecular weight excluding hydrogens is 497 g/mol. The van der Waals surface area contributed by atoms with Crippen LogP contribution >= 0.6 is 0 Å². The highest BCUT2D eigenvalue weighted by Crippen LogP contribution is 2.44. The SMILES string of the molecule is N#Cc1ccc(C2CC2)c(-c2nnc(C(=O)N[C@H]3CN[C@H](Cn4ccnn4)C3)o2)c1.O=C(O)C(F)(F)F. The van der Waals surface area contributed by atoms with Crippen LogP contribution in [0.3, 0.4) is 0 Å². The van der Waals surface area contributed by atoms with Gasteiger partial charge in [0.25, 0.3) is 0 Å². The highest BCUT2D eigenvalue weighted by Gasteiger charge is 2.38. The van der Waals surface area contributed by atoms with Gasteiger partial charge in [0.05, 0.1) is 24.4 Å². The summed E-state index contributed by atoms with van der Waals surface area (Å²) >= 11 is 0. The molecule has 5 rings (SSSR count). The average molecular weight is 518 g/mol. The number of rotatable bonds is 6. The number of halogens is 3. The van der Waals surface area contributed by atoms with Gasteiger partial charge in [0.2, 0.25) is 5.89 Å². The van der Waals surface area contributed by atoms with Crippen molar-refractivity contribution in [2.75, 3.05) is 6.54 Å². The average Bonchev–Trinajstić information content (AvgIpc) is 3.23. The van der Waals surface area contributed by atoms with Gasteiger partial charge in [-0.25, -0.2) is 4.79 Å². The first-order valence-corrected chi connectivity index (χ1v) is 11.2. The molecule has 12 nitrogen and oxygen atoms in total. The monoisotopic (exact) mass is 518 g/mol. The largest absolute Gasteiger partial charge is 0.490 e. The second-order valence-corrected chi connectivity index (χ2v) is 8.54. The maximum absolute atomic E-state index is 12.6. The van der Waals surface area contributed by atoms with Crippen LogP contribution in [-0.2, 0) is 11.3 Å². The Morgan fingerprint density at radius 1 is 1.30 bits per heavy atom. The smallest absolute Gasteiger partial charge is 0.475 e. The van der Waals surface area contributed by atoms with E-state index in [0.29, 0.717) is 24.6 Å². The molecule has 37 heavy (non-hydrogen) atoms. The van der Waals surface area contributed by atoms with Crippen molar-refractivity contribution in [3.8, 4) is 17.5 Å². The molecule has 2 aromatic heterocycles. The number of nitrogens with zero attached hydrogens (tertiary/aromatic N) is 6. The summed E-state index contributed by atoms with van der Waals surface area (Å²) in [6.07, 6.45) is 1.34. The van der Waals surface area contributed by atoms with Gasteiger partial charge in [0.15, 0.2) is 0 Å². The van der Waals surface area contributed by atoms with E-state index in [-0.39, 0.29) is 23.9 Å². The predicted octanol–water partition coefficient (Wildman–Crippen LogP) is 1.87. The third-order valence-corrected chi connectivity index (χ3v) is 5.73. The lowest BCUT2D eigenvalue weighted by atomic mass is 10.0. The molecule has 0 unspecified atom stereocenters. The molecule has 0 bridgehead atoms. The second kappa shape index (κ2) is 10.7. The Balaban J connectivity index is 0.000000405. The number of hydrogen-bond acceptors (Lipinski definition) is 9. The van der Waals surface area contributed by atoms with Crippen molar-refractivity contribution < 1.29 is 32.3 Å². The van der Waals surface area contributed by atoms with Crippen molar-refractivity contribution in [1.29, 1.82) is 5.26 Å². The van der Waals surface area contributed by atoms with Crippen molar-refractivity contribution in [1.82, 2.24) is 35.8 Å². The van der Waals surface area contributed by atoms with Gasteiger partial charge in [0, 0.05) is 30.4 Å². The molecule has 194 valence electrons. The van der Waals surface area contributed by atoms with Crippen LogP contribution in [0.15, 0.2) is 35.0 Å². The topological polar surface area (TPSA) is 172 Å². The number of benzene rings is 1. The number of carboxylic acids is 1. The summed E-state index contributed by atoms with van der Waals surface area (Å²) in [7, 11) is 0. The van der Waals surface area contributed by atoms with Crippen molar-refractivity contribution >= 4 is 11.9 Å². The van der Waals surface area contributed by atoms with Crippen LogP contribution in [0.25, 0.3) is 11.5 Å². The standard InChI is InChI=1S/C20H20N8O2.C2HF3O2/c21-9-12-1-4-16(13-2-3-13)17(7-12)19-25-26-20(30-19)18(29)24-14-8-15(22-10-14)11-28-6-5-23-27-28;3-2(4,5)1(6)7/h1,4-7,13-15,22H,2-3,8,10-11H2,(H,24,29);(H,6,7)/t14-,15+;/m1./s1. The molecule has 2 fully saturated rings. The summed E-state index contributed by atoms with van der Waals surface area (Å²) in [6, 6.07) is 7.78. The third kappa shape index (κ3) is 6.67. The minimum atomic E-state index is -5.08. The molecule has 0 radical (unpaired) electrons. The fourth-order valence-corrected chi connectivity index (χ4v) is 3.86. The van der Waals surface area contributed by atoms with E-state index >= 15 is 0 Å². The van der Waals surface area contributed by atoms with E-state index in [1.54, 1.807) is 23.0 Å². The van der Waals surface area contributed by atoms with E-state index in [1.807, 2.05) is 12.3 Å². The molecule has 2 aliphatic rings. The Morgan fingerprint density at radius 3 is 2.68 bits per heavy atom. The van der Waals surface area contributed by atoms with Crippen molar-refractivity contribution in [3.05, 3.63) is 47.6 Å². The number of nitriles is 1. The molecule has 3 heterocycles. The molecule has 1 aliphatic heterocycles. The first-order chi connectivity index (χ1) is 17.6. The van der Waals surface area contributed by atoms with Crippen LogP contribution in [0.4, 0.5) is 13.2 Å². The molecule has 0 spiro atoms. The number of aromatic nitrogens is 5. The Hall–Kier alpha value is -4.32. The van der Waals surface area contributed by atoms with Crippen molar-refractivity contribution in [2.24, 2.45) is 0 Å². The van der Waals surface area contributed by atoms with Crippen LogP contribution in [-0.4, -0.2) is 67.0 Å². The van der Waals surface area contributed by atoms with Gasteiger partial charge in [-0.05, 0) is 42.9 Å². The van der Waals surface area contributed by atoms with Crippen LogP contribution in [0.1, 0.15) is 47.0 Å². The zero-order chi connectivity index (χ0) is 26.6. The first-order valence-electron chi connectivity index (χ1n) is 11.2. The fraction of sp³-hybridized carbons (Fsp3) is 0.409. The van der Waals surface area contributed by atoms with Gasteiger partial charge < -0.3 is 20.2 Å². The van der Waals surface area contributed by atoms with Crippen LogP contribution < -0.4 is 10.6 Å². The molecule has 1 amide bonds. The molecule has 1 saturated carbocycles. The van der Waals surface area contributed by atoms with Crippen molar-refractivity contribution in [2.45, 2.75) is 50.0 Å². The molecule has 3 aromatic rings. The lowest BCUT2D eigenvalue weighted by Gasteiger charge is -2.11. The first kappa shape index (κ1) is 25.8. The van der Waals surface area contributed by atoms with Crippen LogP contribution in [0.5, 0.6) is 0 Å². The van der Waals surface area contributed by atoms with Gasteiger partial charge in [0.1, 0.15) is 0 Å². The fourth-order valence-electron chi connectivity index (χ4n) is 3.86. The Bertz CT molecular complexity index is 1300. The Labute approximate surface area is 207 Å². The number of amides is 1. The van der Waals surface area contributed by atoms with E-state index in [0.717, 1.165) is 30.4 Å². The summed E-state index contributed by atoms with van der Waals surface area (Å²) in [4.78, 5) is 21.5. The van der Waals surface area contributed by atoms with Crippen LogP contribution in [0, 0.1) is 11.3 Å². The molecule has 15 heteroatoms. The lowest BCUT2D eigenvalue weighted by Crippen LogP contribution is -2.36. The molecule has 1 aliphatic carbocycles. The summed E-state index contributed by atoms with van der Waals surface area (Å²) in [5, 5.41) is 38.4. The van der Waals surface area contributed by atoms with E-state index in [2.05, 4.69) is 37.2 Å². The van der Waals surface area contributed by atoms with Gasteiger partial charge in [-0.2, -0.15) is 18.4 Å². The summed E-state index contributed by atoms with van der Waals surface area (Å²) in [5.74, 6) is -2.51. The van der Waals surface area contributed by atoms with E-state index < -0.39 is 18.1 Å². The summed E-state index contributed by atoms with van der Waals surface area (Å²) in [5.41, 5.74) is 2.34. The molecular formula is C22H21F3N8O4. The number of carbonyl (C=O) groups is 2. The highest BCUT2D eigenvalue weighted by molar-refractivity contribution is 5.90. The second-order valence-electron chi connectivity index (χ2n) is 8.54. The van der Waals surface area contributed by atoms with E-state index in [4.69, 9.17) is 14.3 Å². The summed E-state index contributed by atoms with van der Waals surface area (Å²) < 4.78 is 39.2. The lowest BCUT2D eigenvalue weighted by molar-refractivity contribution is -0.192. The third-order valence-electron chi connectivity index (χ3n) is 5.73. The Morgan fingerprint density at radius 2 is 2.05 bits per heavy atom. The minimum absolute atomic E-state index is 0.0367. The number of hydrogen-bond donors (Lipinski definition) is 3. The molecule has 2 atom stereocenters. The maximum Gasteiger partial charge on any atom is 0.490 e. The quantitative estimate of drug-likeness (QED) is 0.437. The molecule has 1 aromatic carbocycles. The number of alkyl halides is 3. The zero-order valence-corrected chi connectivity index (χ0v) is 19.1. The number of carboxylic acid groups (broad SMARTS) is 1. The molecule has 3 N–H and O–H groups in total. The Kier molecular flexibility index (Phi) is 7.48. The van der Waals surface area contributed by atoms with Gasteiger partial charge in [-0.3, -0.25) is 9.48 Å². The van der Waals surface area contributed by atoms with Crippen molar-refractivity contribution in [3.63, 3.8) is 0 Å². The van der Waals surface area contributed by atoms with Gasteiger partial charge in [-0.15, -0.1) is 15.3 Å². The predicted molar refractivity (Wildman–Crippen MR) is 118 cm³/mol. The maximum atomic E-state index is 12.6. The van der Waals surface area contributed by atoms with Crippen LogP contribution in [0.2, 0.25) is 0 Å². The minimum Gasteiger partial charge on any atom is -0.475 e. The summed E-state index contributed by atoms with van der Waals surface area (Å²) in [6.45, 7) is 1.35. The number of nitrogens with one attached hydrogen (secondary N) is 2. The van der Waals surface area contributed by atoms with E-state index in [9.17, 15) is 23.2 Å². The number of carbonyl (C=O) groups excluding carboxylic acids is 1. The van der Waals surface area contributed by atoms with E-state index in [1.165, 1.54) is 0 Å². The number of aliphatic carboxylic acids is 1. The van der Waals surface area contributed by atoms with Gasteiger partial charge in [-0.1, -0.05) is 11.3 Å². The normalized spacial score (nSPS) is 19.0. The molecule has 1 saturated heterocycles. The van der Waals surface area contributed by atoms with Gasteiger partial charge >= 0.3 is 23.9 Å². The highest BCUT2D eigenvalue weighted by atomic mass is 19.4.